The second-order valence-corrected chi connectivity index (χ2v) is 7.34. The fraction of sp³-hybridized carbons (Fsp3) is 0.0625. The lowest BCUT2D eigenvalue weighted by Gasteiger charge is -2.02. The summed E-state index contributed by atoms with van der Waals surface area (Å²) in [6.07, 6.45) is 1.77. The van der Waals surface area contributed by atoms with Crippen LogP contribution in [-0.2, 0) is 0 Å². The fourth-order valence-corrected chi connectivity index (χ4v) is 4.02. The molecule has 0 radical (unpaired) electrons. The summed E-state index contributed by atoms with van der Waals surface area (Å²) < 4.78 is 5.62. The summed E-state index contributed by atoms with van der Waals surface area (Å²) in [6.45, 7) is 1.72. The van der Waals surface area contributed by atoms with Crippen molar-refractivity contribution in [2.24, 2.45) is 0 Å². The molecule has 3 aromatic heterocycles. The molecule has 4 aromatic rings. The Morgan fingerprint density at radius 1 is 1.24 bits per heavy atom. The highest BCUT2D eigenvalue weighted by molar-refractivity contribution is 8.01. The molecule has 25 heavy (non-hydrogen) atoms. The lowest BCUT2D eigenvalue weighted by Crippen LogP contribution is -2.11. The van der Waals surface area contributed by atoms with E-state index in [0.29, 0.717) is 10.9 Å². The number of rotatable bonds is 4. The van der Waals surface area contributed by atoms with Crippen LogP contribution in [0.15, 0.2) is 56.4 Å². The number of hydrogen-bond donors (Lipinski definition) is 1. The van der Waals surface area contributed by atoms with E-state index < -0.39 is 0 Å². The van der Waals surface area contributed by atoms with E-state index in [1.165, 1.54) is 23.1 Å². The number of amides is 1. The van der Waals surface area contributed by atoms with Gasteiger partial charge in [0.05, 0.1) is 5.52 Å². The Bertz CT molecular complexity index is 1050. The molecular weight excluding hydrogens is 358 g/mol. The average molecular weight is 369 g/mol. The van der Waals surface area contributed by atoms with Crippen molar-refractivity contribution in [3.05, 3.63) is 54.0 Å². The molecule has 0 saturated carbocycles. The first-order valence-electron chi connectivity index (χ1n) is 7.29. The highest BCUT2D eigenvalue weighted by Gasteiger charge is 2.15. The van der Waals surface area contributed by atoms with Gasteiger partial charge in [0.15, 0.2) is 10.0 Å². The molecule has 3 heterocycles. The number of nitrogens with one attached hydrogen (secondary N) is 1. The second-order valence-electron chi connectivity index (χ2n) is 5.08. The SMILES string of the molecule is Cc1cc(C(=O)Nc2nnc(Sc3ccnc4ccccc34)s2)no1. The molecule has 0 unspecified atom stereocenters. The number of aromatic nitrogens is 4. The van der Waals surface area contributed by atoms with Gasteiger partial charge < -0.3 is 4.52 Å². The van der Waals surface area contributed by atoms with Crippen LogP contribution < -0.4 is 5.32 Å². The van der Waals surface area contributed by atoms with E-state index in [1.54, 1.807) is 19.2 Å². The van der Waals surface area contributed by atoms with Gasteiger partial charge >= 0.3 is 0 Å². The second kappa shape index (κ2) is 6.61. The third-order valence-electron chi connectivity index (χ3n) is 3.29. The maximum Gasteiger partial charge on any atom is 0.279 e. The summed E-state index contributed by atoms with van der Waals surface area (Å²) in [6, 6.07) is 11.4. The molecule has 0 aliphatic rings. The predicted octanol–water partition coefficient (Wildman–Crippen LogP) is 3.79. The summed E-state index contributed by atoms with van der Waals surface area (Å²) in [7, 11) is 0. The van der Waals surface area contributed by atoms with Crippen molar-refractivity contribution < 1.29 is 9.32 Å². The van der Waals surface area contributed by atoms with Crippen molar-refractivity contribution in [3.8, 4) is 0 Å². The van der Waals surface area contributed by atoms with Gasteiger partial charge in [-0.3, -0.25) is 15.1 Å². The molecule has 0 aliphatic heterocycles. The van der Waals surface area contributed by atoms with Gasteiger partial charge in [-0.25, -0.2) is 0 Å². The van der Waals surface area contributed by atoms with E-state index in [4.69, 9.17) is 4.52 Å². The van der Waals surface area contributed by atoms with E-state index in [2.05, 4.69) is 25.7 Å². The Kier molecular flexibility index (Phi) is 4.16. The summed E-state index contributed by atoms with van der Waals surface area (Å²) in [5, 5.41) is 15.9. The molecule has 0 aliphatic carbocycles. The van der Waals surface area contributed by atoms with E-state index in [-0.39, 0.29) is 11.6 Å². The lowest BCUT2D eigenvalue weighted by atomic mass is 10.2. The standard InChI is InChI=1S/C16H11N5O2S2/c1-9-8-12(21-23-9)14(22)18-15-19-20-16(25-15)24-13-6-7-17-11-5-3-2-4-10(11)13/h2-8H,1H3,(H,18,19,22). The summed E-state index contributed by atoms with van der Waals surface area (Å²) >= 11 is 2.78. The Morgan fingerprint density at radius 2 is 2.12 bits per heavy atom. The minimum absolute atomic E-state index is 0.210. The van der Waals surface area contributed by atoms with Gasteiger partial charge in [-0.1, -0.05) is 46.5 Å². The van der Waals surface area contributed by atoms with Crippen molar-refractivity contribution >= 4 is 45.0 Å². The molecule has 0 spiro atoms. The highest BCUT2D eigenvalue weighted by Crippen LogP contribution is 2.35. The van der Waals surface area contributed by atoms with Gasteiger partial charge in [-0.15, -0.1) is 10.2 Å². The van der Waals surface area contributed by atoms with Crippen LogP contribution in [0, 0.1) is 6.92 Å². The smallest absolute Gasteiger partial charge is 0.279 e. The van der Waals surface area contributed by atoms with Crippen molar-refractivity contribution in [2.45, 2.75) is 16.2 Å². The van der Waals surface area contributed by atoms with E-state index in [0.717, 1.165) is 20.1 Å². The van der Waals surface area contributed by atoms with Crippen LogP contribution in [-0.4, -0.2) is 26.2 Å². The zero-order chi connectivity index (χ0) is 17.2. The molecule has 0 saturated heterocycles. The maximum absolute atomic E-state index is 12.1. The molecule has 1 N–H and O–H groups in total. The normalized spacial score (nSPS) is 10.9. The van der Waals surface area contributed by atoms with E-state index >= 15 is 0 Å². The first-order chi connectivity index (χ1) is 12.2. The van der Waals surface area contributed by atoms with Crippen LogP contribution in [0.5, 0.6) is 0 Å². The van der Waals surface area contributed by atoms with Crippen molar-refractivity contribution in [3.63, 3.8) is 0 Å². The maximum atomic E-state index is 12.1. The van der Waals surface area contributed by atoms with Gasteiger partial charge in [0.1, 0.15) is 5.76 Å². The number of nitrogens with zero attached hydrogens (tertiary/aromatic N) is 4. The molecule has 0 bridgehead atoms. The third-order valence-corrected chi connectivity index (χ3v) is 5.26. The summed E-state index contributed by atoms with van der Waals surface area (Å²) in [4.78, 5) is 17.4. The van der Waals surface area contributed by atoms with Crippen LogP contribution in [0.2, 0.25) is 0 Å². The van der Waals surface area contributed by atoms with E-state index in [9.17, 15) is 4.79 Å². The number of aryl methyl sites for hydroxylation is 1. The fourth-order valence-electron chi connectivity index (χ4n) is 2.19. The molecule has 0 fully saturated rings. The van der Waals surface area contributed by atoms with Crippen LogP contribution in [0.25, 0.3) is 10.9 Å². The van der Waals surface area contributed by atoms with Crippen LogP contribution >= 0.6 is 23.1 Å². The number of anilines is 1. The van der Waals surface area contributed by atoms with Crippen molar-refractivity contribution in [1.29, 1.82) is 0 Å². The van der Waals surface area contributed by atoms with Crippen LogP contribution in [0.3, 0.4) is 0 Å². The number of fused-ring (bicyclic) bond motifs is 1. The molecule has 9 heteroatoms. The summed E-state index contributed by atoms with van der Waals surface area (Å²) in [5.41, 5.74) is 1.13. The Hall–Kier alpha value is -2.78. The van der Waals surface area contributed by atoms with Gasteiger partial charge in [-0.05, 0) is 19.1 Å². The Labute approximate surface area is 150 Å². The first kappa shape index (κ1) is 15.7. The average Bonchev–Trinajstić information content (AvgIpc) is 3.24. The molecule has 7 nitrogen and oxygen atoms in total. The highest BCUT2D eigenvalue weighted by atomic mass is 32.2. The van der Waals surface area contributed by atoms with Gasteiger partial charge in [0.2, 0.25) is 5.13 Å². The number of carbonyl (C=O) groups is 1. The number of pyridine rings is 1. The van der Waals surface area contributed by atoms with Gasteiger partial charge in [0.25, 0.3) is 5.91 Å². The molecule has 4 rings (SSSR count). The first-order valence-corrected chi connectivity index (χ1v) is 8.92. The minimum Gasteiger partial charge on any atom is -0.361 e. The monoisotopic (exact) mass is 369 g/mol. The largest absolute Gasteiger partial charge is 0.361 e. The predicted molar refractivity (Wildman–Crippen MR) is 95.0 cm³/mol. The number of hydrogen-bond acceptors (Lipinski definition) is 8. The molecule has 0 atom stereocenters. The quantitative estimate of drug-likeness (QED) is 0.547. The van der Waals surface area contributed by atoms with Crippen molar-refractivity contribution in [1.82, 2.24) is 20.3 Å². The molecule has 124 valence electrons. The number of carbonyl (C=O) groups excluding carboxylic acids is 1. The molecule has 1 amide bonds. The Balaban J connectivity index is 1.52. The van der Waals surface area contributed by atoms with Crippen LogP contribution in [0.4, 0.5) is 5.13 Å². The zero-order valence-corrected chi connectivity index (χ0v) is 14.6. The van der Waals surface area contributed by atoms with Gasteiger partial charge in [0, 0.05) is 22.5 Å². The minimum atomic E-state index is -0.376. The summed E-state index contributed by atoms with van der Waals surface area (Å²) in [5.74, 6) is 0.196. The van der Waals surface area contributed by atoms with E-state index in [1.807, 2.05) is 30.3 Å². The lowest BCUT2D eigenvalue weighted by molar-refractivity contribution is 0.101. The number of para-hydroxylation sites is 1. The van der Waals surface area contributed by atoms with Crippen molar-refractivity contribution in [2.75, 3.05) is 5.32 Å². The molecule has 1 aromatic carbocycles. The molecular formula is C16H11N5O2S2. The van der Waals surface area contributed by atoms with Gasteiger partial charge in [-0.2, -0.15) is 0 Å². The van der Waals surface area contributed by atoms with Crippen LogP contribution in [0.1, 0.15) is 16.2 Å². The topological polar surface area (TPSA) is 93.8 Å². The Morgan fingerprint density at radius 3 is 2.96 bits per heavy atom. The number of benzene rings is 1. The third kappa shape index (κ3) is 3.37. The zero-order valence-electron chi connectivity index (χ0n) is 13.0.